The summed E-state index contributed by atoms with van der Waals surface area (Å²) in [4.78, 5) is 0.175. The average molecular weight is 363 g/mol. The van der Waals surface area contributed by atoms with Crippen LogP contribution in [-0.2, 0) is 16.6 Å². The standard InChI is InChI=1S/C18H21NO5S/c1-19(13-14-6-3-4-7-16(14)22-2)25(20,21)15-8-9-17-18(12-15)24-11-5-10-23-17/h3-4,6-9,12H,5,10-11,13H2,1-2H3. The van der Waals surface area contributed by atoms with Gasteiger partial charge < -0.3 is 14.2 Å². The maximum atomic E-state index is 12.9. The molecular formula is C18H21NO5S. The first-order chi connectivity index (χ1) is 12.0. The van der Waals surface area contributed by atoms with E-state index in [1.165, 1.54) is 10.4 Å². The first kappa shape index (κ1) is 17.6. The van der Waals surface area contributed by atoms with Gasteiger partial charge in [-0.3, -0.25) is 0 Å². The molecule has 1 aliphatic rings. The minimum atomic E-state index is -3.67. The van der Waals surface area contributed by atoms with Crippen molar-refractivity contribution in [1.29, 1.82) is 0 Å². The Morgan fingerprint density at radius 2 is 1.80 bits per heavy atom. The highest BCUT2D eigenvalue weighted by Crippen LogP contribution is 2.33. The number of rotatable bonds is 5. The van der Waals surface area contributed by atoms with Crippen molar-refractivity contribution in [3.63, 3.8) is 0 Å². The number of fused-ring (bicyclic) bond motifs is 1. The lowest BCUT2D eigenvalue weighted by molar-refractivity contribution is 0.297. The van der Waals surface area contributed by atoms with Crippen molar-refractivity contribution in [2.75, 3.05) is 27.4 Å². The Morgan fingerprint density at radius 1 is 1.08 bits per heavy atom. The third-order valence-electron chi connectivity index (χ3n) is 4.01. The van der Waals surface area contributed by atoms with Gasteiger partial charge in [-0.25, -0.2) is 8.42 Å². The number of sulfonamides is 1. The van der Waals surface area contributed by atoms with Crippen LogP contribution in [0.2, 0.25) is 0 Å². The van der Waals surface area contributed by atoms with Crippen LogP contribution in [0.1, 0.15) is 12.0 Å². The van der Waals surface area contributed by atoms with Gasteiger partial charge in [0.15, 0.2) is 11.5 Å². The summed E-state index contributed by atoms with van der Waals surface area (Å²) in [6.07, 6.45) is 0.768. The lowest BCUT2D eigenvalue weighted by atomic mass is 10.2. The molecule has 0 aliphatic carbocycles. The van der Waals surface area contributed by atoms with Crippen LogP contribution in [0.5, 0.6) is 17.2 Å². The second-order valence-electron chi connectivity index (χ2n) is 5.73. The third-order valence-corrected chi connectivity index (χ3v) is 5.81. The monoisotopic (exact) mass is 363 g/mol. The molecule has 6 nitrogen and oxygen atoms in total. The smallest absolute Gasteiger partial charge is 0.243 e. The van der Waals surface area contributed by atoms with Crippen LogP contribution >= 0.6 is 0 Å². The Morgan fingerprint density at radius 3 is 2.56 bits per heavy atom. The molecular weight excluding hydrogens is 342 g/mol. The van der Waals surface area contributed by atoms with Gasteiger partial charge in [-0.15, -0.1) is 0 Å². The molecule has 1 heterocycles. The molecule has 0 unspecified atom stereocenters. The molecule has 2 aromatic carbocycles. The van der Waals surface area contributed by atoms with E-state index in [4.69, 9.17) is 14.2 Å². The first-order valence-corrected chi connectivity index (χ1v) is 9.44. The fourth-order valence-corrected chi connectivity index (χ4v) is 3.81. The molecule has 0 saturated carbocycles. The SMILES string of the molecule is COc1ccccc1CN(C)S(=O)(=O)c1ccc2c(c1)OCCCO2. The van der Waals surface area contributed by atoms with Crippen LogP contribution in [0.3, 0.4) is 0 Å². The molecule has 0 fully saturated rings. The second-order valence-corrected chi connectivity index (χ2v) is 7.78. The van der Waals surface area contributed by atoms with Crippen molar-refractivity contribution >= 4 is 10.0 Å². The third kappa shape index (κ3) is 3.72. The van der Waals surface area contributed by atoms with Crippen molar-refractivity contribution in [3.05, 3.63) is 48.0 Å². The van der Waals surface area contributed by atoms with Crippen LogP contribution < -0.4 is 14.2 Å². The lowest BCUT2D eigenvalue weighted by Crippen LogP contribution is -2.26. The zero-order valence-corrected chi connectivity index (χ0v) is 15.1. The van der Waals surface area contributed by atoms with Gasteiger partial charge in [-0.2, -0.15) is 4.31 Å². The summed E-state index contributed by atoms with van der Waals surface area (Å²) < 4.78 is 43.5. The van der Waals surface area contributed by atoms with Crippen molar-refractivity contribution < 1.29 is 22.6 Å². The van der Waals surface area contributed by atoms with E-state index in [0.717, 1.165) is 12.0 Å². The maximum Gasteiger partial charge on any atom is 0.243 e. The van der Waals surface area contributed by atoms with Gasteiger partial charge in [0.1, 0.15) is 5.75 Å². The van der Waals surface area contributed by atoms with Crippen LogP contribution in [0.25, 0.3) is 0 Å². The number of para-hydroxylation sites is 1. The zero-order chi connectivity index (χ0) is 17.9. The van der Waals surface area contributed by atoms with E-state index in [9.17, 15) is 8.42 Å². The van der Waals surface area contributed by atoms with Crippen LogP contribution in [0, 0.1) is 0 Å². The van der Waals surface area contributed by atoms with Crippen LogP contribution in [0.4, 0.5) is 0 Å². The molecule has 134 valence electrons. The largest absolute Gasteiger partial charge is 0.496 e. The van der Waals surface area contributed by atoms with E-state index >= 15 is 0 Å². The number of hydrogen-bond donors (Lipinski definition) is 0. The minimum absolute atomic E-state index is 0.175. The summed E-state index contributed by atoms with van der Waals surface area (Å²) in [6.45, 7) is 1.28. The van der Waals surface area contributed by atoms with Crippen molar-refractivity contribution in [1.82, 2.24) is 4.31 Å². The van der Waals surface area contributed by atoms with Crippen LogP contribution in [-0.4, -0.2) is 40.1 Å². The van der Waals surface area contributed by atoms with Gasteiger partial charge in [-0.05, 0) is 18.2 Å². The van der Waals surface area contributed by atoms with Gasteiger partial charge in [0.25, 0.3) is 0 Å². The van der Waals surface area contributed by atoms with Crippen LogP contribution in [0.15, 0.2) is 47.4 Å². The Balaban J connectivity index is 1.87. The van der Waals surface area contributed by atoms with Gasteiger partial charge >= 0.3 is 0 Å². The number of nitrogens with zero attached hydrogens (tertiary/aromatic N) is 1. The Bertz CT molecular complexity index is 850. The lowest BCUT2D eigenvalue weighted by Gasteiger charge is -2.19. The Hall–Kier alpha value is -2.25. The van der Waals surface area contributed by atoms with Crippen molar-refractivity contribution in [2.24, 2.45) is 0 Å². The number of benzene rings is 2. The average Bonchev–Trinajstić information content (AvgIpc) is 2.86. The van der Waals surface area contributed by atoms with Gasteiger partial charge in [0, 0.05) is 31.6 Å². The molecule has 0 N–H and O–H groups in total. The van der Waals surface area contributed by atoms with Crippen molar-refractivity contribution in [2.45, 2.75) is 17.9 Å². The molecule has 0 bridgehead atoms. The number of ether oxygens (including phenoxy) is 3. The molecule has 0 aromatic heterocycles. The molecule has 0 radical (unpaired) electrons. The summed E-state index contributed by atoms with van der Waals surface area (Å²) >= 11 is 0. The van der Waals surface area contributed by atoms with Gasteiger partial charge in [0.05, 0.1) is 25.2 Å². The normalized spacial score (nSPS) is 14.2. The van der Waals surface area contributed by atoms with Gasteiger partial charge in [-0.1, -0.05) is 18.2 Å². The number of hydrogen-bond acceptors (Lipinski definition) is 5. The first-order valence-electron chi connectivity index (χ1n) is 8.00. The molecule has 1 aliphatic heterocycles. The highest BCUT2D eigenvalue weighted by Gasteiger charge is 2.24. The minimum Gasteiger partial charge on any atom is -0.496 e. The summed E-state index contributed by atoms with van der Waals surface area (Å²) in [5.74, 6) is 1.69. The second kappa shape index (κ2) is 7.33. The van der Waals surface area contributed by atoms with E-state index in [1.807, 2.05) is 24.3 Å². The molecule has 2 aromatic rings. The topological polar surface area (TPSA) is 65.1 Å². The highest BCUT2D eigenvalue weighted by molar-refractivity contribution is 7.89. The molecule has 0 spiro atoms. The summed E-state index contributed by atoms with van der Waals surface area (Å²) in [5.41, 5.74) is 0.797. The highest BCUT2D eigenvalue weighted by atomic mass is 32.2. The molecule has 0 amide bonds. The summed E-state index contributed by atoms with van der Waals surface area (Å²) in [5, 5.41) is 0. The molecule has 3 rings (SSSR count). The van der Waals surface area contributed by atoms with E-state index in [0.29, 0.717) is 30.5 Å². The molecule has 0 atom stereocenters. The zero-order valence-electron chi connectivity index (χ0n) is 14.3. The predicted molar refractivity (Wildman–Crippen MR) is 93.7 cm³/mol. The molecule has 7 heteroatoms. The Labute approximate surface area is 148 Å². The quantitative estimate of drug-likeness (QED) is 0.817. The predicted octanol–water partition coefficient (Wildman–Crippen LogP) is 2.68. The van der Waals surface area contributed by atoms with E-state index in [1.54, 1.807) is 26.3 Å². The molecule has 0 saturated heterocycles. The maximum absolute atomic E-state index is 12.9. The Kier molecular flexibility index (Phi) is 5.15. The summed E-state index contributed by atoms with van der Waals surface area (Å²) in [6, 6.07) is 12.1. The van der Waals surface area contributed by atoms with E-state index in [-0.39, 0.29) is 11.4 Å². The van der Waals surface area contributed by atoms with Gasteiger partial charge in [0.2, 0.25) is 10.0 Å². The number of methoxy groups -OCH3 is 1. The fraction of sp³-hybridized carbons (Fsp3) is 0.333. The van der Waals surface area contributed by atoms with E-state index in [2.05, 4.69) is 0 Å². The molecule has 25 heavy (non-hydrogen) atoms. The van der Waals surface area contributed by atoms with E-state index < -0.39 is 10.0 Å². The summed E-state index contributed by atoms with van der Waals surface area (Å²) in [7, 11) is -0.552. The van der Waals surface area contributed by atoms with Crippen molar-refractivity contribution in [3.8, 4) is 17.2 Å². The fourth-order valence-electron chi connectivity index (χ4n) is 2.64.